The van der Waals surface area contributed by atoms with Crippen molar-refractivity contribution in [3.05, 3.63) is 52.3 Å². The van der Waals surface area contributed by atoms with E-state index >= 15 is 0 Å². The Balaban J connectivity index is 2.28. The summed E-state index contributed by atoms with van der Waals surface area (Å²) in [7, 11) is 1.44. The molecular weight excluding hydrogens is 340 g/mol. The first-order valence-corrected chi connectivity index (χ1v) is 6.64. The monoisotopic (exact) mass is 350 g/mol. The first-order valence-electron chi connectivity index (χ1n) is 5.85. The van der Waals surface area contributed by atoms with Crippen molar-refractivity contribution >= 4 is 33.5 Å². The van der Waals surface area contributed by atoms with E-state index in [4.69, 9.17) is 9.84 Å². The number of nitrogens with zero attached hydrogens (tertiary/aromatic N) is 1. The number of anilines is 1. The molecule has 0 fully saturated rings. The van der Waals surface area contributed by atoms with Crippen molar-refractivity contribution in [3.8, 4) is 5.75 Å². The highest BCUT2D eigenvalue weighted by Gasteiger charge is 2.14. The molecule has 1 heterocycles. The van der Waals surface area contributed by atoms with E-state index in [1.807, 2.05) is 0 Å². The van der Waals surface area contributed by atoms with Crippen LogP contribution in [0.15, 0.2) is 41.1 Å². The Bertz CT molecular complexity index is 703. The predicted octanol–water partition coefficient (Wildman–Crippen LogP) is 2.80. The summed E-state index contributed by atoms with van der Waals surface area (Å²) in [5.74, 6) is -1.15. The van der Waals surface area contributed by atoms with Crippen LogP contribution in [0.25, 0.3) is 0 Å². The van der Waals surface area contributed by atoms with Gasteiger partial charge in [-0.25, -0.2) is 4.79 Å². The third-order valence-electron chi connectivity index (χ3n) is 2.70. The summed E-state index contributed by atoms with van der Waals surface area (Å²) in [6, 6.07) is 6.05. The molecule has 2 aromatic rings. The molecule has 108 valence electrons. The number of benzene rings is 1. The smallest absolute Gasteiger partial charge is 0.336 e. The van der Waals surface area contributed by atoms with Gasteiger partial charge in [-0.2, -0.15) is 0 Å². The fourth-order valence-corrected chi connectivity index (χ4v) is 2.11. The van der Waals surface area contributed by atoms with Gasteiger partial charge in [0.1, 0.15) is 5.75 Å². The molecule has 0 aliphatic carbocycles. The van der Waals surface area contributed by atoms with Crippen molar-refractivity contribution in [2.75, 3.05) is 12.4 Å². The number of methoxy groups -OCH3 is 1. The SMILES string of the molecule is COc1cnccc1C(=O)Nc1ccc(Br)c(C(=O)O)c1. The summed E-state index contributed by atoms with van der Waals surface area (Å²) >= 11 is 3.14. The second-order valence-electron chi connectivity index (χ2n) is 4.03. The zero-order valence-corrected chi connectivity index (χ0v) is 12.5. The van der Waals surface area contributed by atoms with Crippen LogP contribution in [-0.4, -0.2) is 29.1 Å². The standard InChI is InChI=1S/C14H11BrN2O4/c1-21-12-7-16-5-4-9(12)13(18)17-8-2-3-11(15)10(6-8)14(19)20/h2-7H,1H3,(H,17,18)(H,19,20). The fourth-order valence-electron chi connectivity index (χ4n) is 1.70. The molecule has 0 aliphatic rings. The van der Waals surface area contributed by atoms with Gasteiger partial charge in [-0.1, -0.05) is 0 Å². The number of halogens is 1. The fraction of sp³-hybridized carbons (Fsp3) is 0.0714. The number of ether oxygens (including phenoxy) is 1. The van der Waals surface area contributed by atoms with Crippen LogP contribution in [0, 0.1) is 0 Å². The van der Waals surface area contributed by atoms with Gasteiger partial charge in [0.15, 0.2) is 0 Å². The number of amides is 1. The van der Waals surface area contributed by atoms with Crippen LogP contribution in [0.5, 0.6) is 5.75 Å². The number of pyridine rings is 1. The Labute approximate surface area is 128 Å². The van der Waals surface area contributed by atoms with Crippen molar-refractivity contribution in [3.63, 3.8) is 0 Å². The molecule has 1 aromatic heterocycles. The van der Waals surface area contributed by atoms with Crippen LogP contribution in [0.1, 0.15) is 20.7 Å². The van der Waals surface area contributed by atoms with Crippen LogP contribution in [0.2, 0.25) is 0 Å². The number of aromatic carboxylic acids is 1. The lowest BCUT2D eigenvalue weighted by Crippen LogP contribution is -2.14. The van der Waals surface area contributed by atoms with Crippen molar-refractivity contribution in [1.29, 1.82) is 0 Å². The summed E-state index contributed by atoms with van der Waals surface area (Å²) in [6.45, 7) is 0. The zero-order valence-electron chi connectivity index (χ0n) is 11.0. The number of hydrogen-bond donors (Lipinski definition) is 2. The van der Waals surface area contributed by atoms with Gasteiger partial charge in [0.2, 0.25) is 0 Å². The quantitative estimate of drug-likeness (QED) is 0.884. The van der Waals surface area contributed by atoms with Crippen LogP contribution >= 0.6 is 15.9 Å². The summed E-state index contributed by atoms with van der Waals surface area (Å²) in [6.07, 6.45) is 2.90. The Morgan fingerprint density at radius 2 is 2.05 bits per heavy atom. The van der Waals surface area contributed by atoms with E-state index < -0.39 is 11.9 Å². The summed E-state index contributed by atoms with van der Waals surface area (Å²) in [5.41, 5.74) is 0.751. The second kappa shape index (κ2) is 6.36. The average molecular weight is 351 g/mol. The number of aromatic nitrogens is 1. The van der Waals surface area contributed by atoms with E-state index in [-0.39, 0.29) is 5.56 Å². The molecule has 6 nitrogen and oxygen atoms in total. The minimum absolute atomic E-state index is 0.0643. The van der Waals surface area contributed by atoms with Gasteiger partial charge in [-0.05, 0) is 40.2 Å². The van der Waals surface area contributed by atoms with Gasteiger partial charge in [-0.15, -0.1) is 0 Å². The van der Waals surface area contributed by atoms with Crippen LogP contribution in [0.3, 0.4) is 0 Å². The molecular formula is C14H11BrN2O4. The minimum Gasteiger partial charge on any atom is -0.494 e. The maximum atomic E-state index is 12.2. The highest BCUT2D eigenvalue weighted by atomic mass is 79.9. The number of carboxylic acids is 1. The molecule has 21 heavy (non-hydrogen) atoms. The van der Waals surface area contributed by atoms with Crippen molar-refractivity contribution in [2.45, 2.75) is 0 Å². The molecule has 0 spiro atoms. The molecule has 0 aliphatic heterocycles. The highest BCUT2D eigenvalue weighted by molar-refractivity contribution is 9.10. The van der Waals surface area contributed by atoms with Crippen molar-refractivity contribution in [1.82, 2.24) is 4.98 Å². The first kappa shape index (κ1) is 15.0. The average Bonchev–Trinajstić information content (AvgIpc) is 2.48. The molecule has 1 aromatic carbocycles. The summed E-state index contributed by atoms with van der Waals surface area (Å²) < 4.78 is 5.50. The van der Waals surface area contributed by atoms with E-state index in [9.17, 15) is 9.59 Å². The molecule has 1 amide bonds. The van der Waals surface area contributed by atoms with Gasteiger partial charge in [-0.3, -0.25) is 9.78 Å². The summed E-state index contributed by atoms with van der Waals surface area (Å²) in [4.78, 5) is 27.1. The lowest BCUT2D eigenvalue weighted by Gasteiger charge is -2.09. The Morgan fingerprint density at radius 1 is 1.29 bits per heavy atom. The lowest BCUT2D eigenvalue weighted by atomic mass is 10.2. The number of carboxylic acid groups (broad SMARTS) is 1. The molecule has 7 heteroatoms. The van der Waals surface area contributed by atoms with Crippen LogP contribution in [0.4, 0.5) is 5.69 Å². The maximum Gasteiger partial charge on any atom is 0.336 e. The molecule has 0 radical (unpaired) electrons. The molecule has 2 N–H and O–H groups in total. The third kappa shape index (κ3) is 3.38. The highest BCUT2D eigenvalue weighted by Crippen LogP contribution is 2.23. The molecule has 0 atom stereocenters. The van der Waals surface area contributed by atoms with E-state index in [2.05, 4.69) is 26.2 Å². The molecule has 2 rings (SSSR count). The number of carbonyl (C=O) groups is 2. The third-order valence-corrected chi connectivity index (χ3v) is 3.40. The van der Waals surface area contributed by atoms with Gasteiger partial charge < -0.3 is 15.2 Å². The molecule has 0 unspecified atom stereocenters. The van der Waals surface area contributed by atoms with Crippen LogP contribution < -0.4 is 10.1 Å². The number of nitrogens with one attached hydrogen (secondary N) is 1. The van der Waals surface area contributed by atoms with Gasteiger partial charge in [0.05, 0.1) is 24.4 Å². The van der Waals surface area contributed by atoms with Gasteiger partial charge in [0, 0.05) is 16.4 Å². The topological polar surface area (TPSA) is 88.5 Å². The number of rotatable bonds is 4. The van der Waals surface area contributed by atoms with Crippen molar-refractivity contribution < 1.29 is 19.4 Å². The minimum atomic E-state index is -1.08. The van der Waals surface area contributed by atoms with E-state index in [1.165, 1.54) is 31.6 Å². The zero-order chi connectivity index (χ0) is 15.4. The normalized spacial score (nSPS) is 10.0. The molecule has 0 saturated carbocycles. The summed E-state index contributed by atoms with van der Waals surface area (Å²) in [5, 5.41) is 11.7. The number of carbonyl (C=O) groups excluding carboxylic acids is 1. The van der Waals surface area contributed by atoms with Crippen molar-refractivity contribution in [2.24, 2.45) is 0 Å². The van der Waals surface area contributed by atoms with Gasteiger partial charge >= 0.3 is 5.97 Å². The Morgan fingerprint density at radius 3 is 2.71 bits per heavy atom. The molecule has 0 saturated heterocycles. The first-order chi connectivity index (χ1) is 10.0. The second-order valence-corrected chi connectivity index (χ2v) is 4.88. The maximum absolute atomic E-state index is 12.2. The van der Waals surface area contributed by atoms with Gasteiger partial charge in [0.25, 0.3) is 5.91 Å². The molecule has 0 bridgehead atoms. The van der Waals surface area contributed by atoms with Crippen LogP contribution in [-0.2, 0) is 0 Å². The predicted molar refractivity (Wildman–Crippen MR) is 79.8 cm³/mol. The Hall–Kier alpha value is -2.41. The Kier molecular flexibility index (Phi) is 4.54. The number of hydrogen-bond acceptors (Lipinski definition) is 4. The van der Waals surface area contributed by atoms with E-state index in [0.29, 0.717) is 21.5 Å². The van der Waals surface area contributed by atoms with E-state index in [1.54, 1.807) is 12.1 Å². The van der Waals surface area contributed by atoms with E-state index in [0.717, 1.165) is 0 Å². The lowest BCUT2D eigenvalue weighted by molar-refractivity contribution is 0.0695. The largest absolute Gasteiger partial charge is 0.494 e.